The fourth-order valence-corrected chi connectivity index (χ4v) is 3.03. The van der Waals surface area contributed by atoms with E-state index in [2.05, 4.69) is 26.2 Å². The van der Waals surface area contributed by atoms with Crippen LogP contribution in [0, 0.1) is 0 Å². The molecule has 0 radical (unpaired) electrons. The molecule has 0 heterocycles. The van der Waals surface area contributed by atoms with E-state index in [1.807, 2.05) is 72.8 Å². The molecule has 27 heavy (non-hydrogen) atoms. The van der Waals surface area contributed by atoms with Crippen LogP contribution in [0.3, 0.4) is 0 Å². The van der Waals surface area contributed by atoms with E-state index in [0.717, 1.165) is 26.7 Å². The number of amidine groups is 1. The Balaban J connectivity index is 1.74. The largest absolute Gasteiger partial charge is 0.384 e. The zero-order chi connectivity index (χ0) is 19.2. The number of nitrogens with one attached hydrogen (secondary N) is 1. The third-order valence-corrected chi connectivity index (χ3v) is 4.80. The molecule has 0 fully saturated rings. The quantitative estimate of drug-likeness (QED) is 0.473. The molecule has 0 atom stereocenters. The zero-order valence-electron chi connectivity index (χ0n) is 14.9. The van der Waals surface area contributed by atoms with Gasteiger partial charge in [-0.3, -0.25) is 9.79 Å². The van der Waals surface area contributed by atoms with Crippen LogP contribution in [-0.2, 0) is 6.54 Å². The van der Waals surface area contributed by atoms with E-state index in [9.17, 15) is 4.79 Å². The molecule has 0 bridgehead atoms. The molecule has 3 rings (SSSR count). The predicted molar refractivity (Wildman–Crippen MR) is 114 cm³/mol. The summed E-state index contributed by atoms with van der Waals surface area (Å²) < 4.78 is 1.00. The molecule has 4 nitrogen and oxygen atoms in total. The van der Waals surface area contributed by atoms with Crippen LogP contribution < -0.4 is 11.1 Å². The Morgan fingerprint density at radius 3 is 2.33 bits per heavy atom. The van der Waals surface area contributed by atoms with Crippen LogP contribution in [0.5, 0.6) is 0 Å². The highest BCUT2D eigenvalue weighted by Gasteiger charge is 2.12. The van der Waals surface area contributed by atoms with Crippen molar-refractivity contribution in [2.24, 2.45) is 10.7 Å². The summed E-state index contributed by atoms with van der Waals surface area (Å²) in [7, 11) is 1.66. The van der Waals surface area contributed by atoms with Gasteiger partial charge < -0.3 is 11.1 Å². The van der Waals surface area contributed by atoms with E-state index in [-0.39, 0.29) is 5.91 Å². The van der Waals surface area contributed by atoms with Gasteiger partial charge >= 0.3 is 0 Å². The first-order valence-electron chi connectivity index (χ1n) is 8.53. The first kappa shape index (κ1) is 18.9. The lowest BCUT2D eigenvalue weighted by Gasteiger charge is -2.11. The molecule has 136 valence electrons. The van der Waals surface area contributed by atoms with Gasteiger partial charge in [-0.1, -0.05) is 70.5 Å². The summed E-state index contributed by atoms with van der Waals surface area (Å²) in [5, 5.41) is 2.99. The molecule has 0 aromatic heterocycles. The number of amides is 1. The number of nitrogens with zero attached hydrogens (tertiary/aromatic N) is 1. The Kier molecular flexibility index (Phi) is 6.04. The summed E-state index contributed by atoms with van der Waals surface area (Å²) in [6, 6.07) is 23.2. The van der Waals surface area contributed by atoms with Gasteiger partial charge in [0.1, 0.15) is 5.84 Å². The van der Waals surface area contributed by atoms with Crippen molar-refractivity contribution in [3.8, 4) is 11.1 Å². The van der Waals surface area contributed by atoms with Crippen molar-refractivity contribution in [3.05, 3.63) is 94.0 Å². The van der Waals surface area contributed by atoms with Gasteiger partial charge in [-0.25, -0.2) is 0 Å². The average Bonchev–Trinajstić information content (AvgIpc) is 2.72. The Bertz CT molecular complexity index is 964. The van der Waals surface area contributed by atoms with Gasteiger partial charge in [-0.2, -0.15) is 0 Å². The van der Waals surface area contributed by atoms with Crippen molar-refractivity contribution < 1.29 is 4.79 Å². The maximum atomic E-state index is 12.7. The number of hydrogen-bond acceptors (Lipinski definition) is 2. The molecule has 0 aliphatic heterocycles. The summed E-state index contributed by atoms with van der Waals surface area (Å²) in [6.45, 7) is 0.441. The van der Waals surface area contributed by atoms with Crippen molar-refractivity contribution in [2.75, 3.05) is 7.05 Å². The van der Waals surface area contributed by atoms with Gasteiger partial charge in [0.2, 0.25) is 0 Å². The fourth-order valence-electron chi connectivity index (χ4n) is 2.76. The number of aliphatic imine (C=N–C) groups is 1. The smallest absolute Gasteiger partial charge is 0.252 e. The van der Waals surface area contributed by atoms with Crippen LogP contribution in [0.1, 0.15) is 21.5 Å². The average molecular weight is 422 g/mol. The highest BCUT2D eigenvalue weighted by molar-refractivity contribution is 9.10. The van der Waals surface area contributed by atoms with Gasteiger partial charge in [0.05, 0.1) is 0 Å². The predicted octanol–water partition coefficient (Wildman–Crippen LogP) is 4.38. The molecular weight excluding hydrogens is 402 g/mol. The van der Waals surface area contributed by atoms with Crippen LogP contribution in [-0.4, -0.2) is 18.8 Å². The van der Waals surface area contributed by atoms with Gasteiger partial charge in [-0.05, 0) is 34.9 Å². The van der Waals surface area contributed by atoms with Crippen molar-refractivity contribution in [3.63, 3.8) is 0 Å². The van der Waals surface area contributed by atoms with Crippen molar-refractivity contribution in [2.45, 2.75) is 6.54 Å². The van der Waals surface area contributed by atoms with Crippen LogP contribution in [0.2, 0.25) is 0 Å². The lowest BCUT2D eigenvalue weighted by atomic mass is 9.99. The molecule has 5 heteroatoms. The second-order valence-corrected chi connectivity index (χ2v) is 6.96. The minimum atomic E-state index is -0.104. The molecule has 0 aliphatic rings. The molecule has 0 unspecified atom stereocenters. The number of benzene rings is 3. The van der Waals surface area contributed by atoms with E-state index in [1.54, 1.807) is 7.05 Å². The molecule has 0 spiro atoms. The highest BCUT2D eigenvalue weighted by atomic mass is 79.9. The fraction of sp³-hybridized carbons (Fsp3) is 0.0909. The van der Waals surface area contributed by atoms with Crippen LogP contribution >= 0.6 is 15.9 Å². The first-order valence-corrected chi connectivity index (χ1v) is 9.32. The third-order valence-electron chi connectivity index (χ3n) is 4.27. The van der Waals surface area contributed by atoms with Gasteiger partial charge in [-0.15, -0.1) is 0 Å². The maximum absolute atomic E-state index is 12.7. The molecule has 3 aromatic carbocycles. The number of halogens is 1. The number of nitrogens with two attached hydrogens (primary N) is 1. The summed E-state index contributed by atoms with van der Waals surface area (Å²) >= 11 is 3.44. The van der Waals surface area contributed by atoms with Crippen molar-refractivity contribution in [1.82, 2.24) is 5.32 Å². The molecule has 0 aliphatic carbocycles. The maximum Gasteiger partial charge on any atom is 0.252 e. The Labute approximate surface area is 167 Å². The van der Waals surface area contributed by atoms with Crippen LogP contribution in [0.25, 0.3) is 11.1 Å². The normalized spacial score (nSPS) is 11.3. The van der Waals surface area contributed by atoms with Gasteiger partial charge in [0.15, 0.2) is 0 Å². The molecule has 3 N–H and O–H groups in total. The van der Waals surface area contributed by atoms with E-state index in [1.165, 1.54) is 0 Å². The summed E-state index contributed by atoms with van der Waals surface area (Å²) in [5.74, 6) is 0.390. The summed E-state index contributed by atoms with van der Waals surface area (Å²) in [6.07, 6.45) is 0. The second-order valence-electron chi connectivity index (χ2n) is 6.04. The third kappa shape index (κ3) is 4.63. The molecule has 1 amide bonds. The lowest BCUT2D eigenvalue weighted by Crippen LogP contribution is -2.23. The SMILES string of the molecule is CN=C(N)c1ccc(CNC(=O)c2ccccc2-c2ccc(Br)cc2)cc1. The zero-order valence-corrected chi connectivity index (χ0v) is 16.5. The molecule has 0 saturated heterocycles. The monoisotopic (exact) mass is 421 g/mol. The molecule has 3 aromatic rings. The van der Waals surface area contributed by atoms with E-state index >= 15 is 0 Å². The Hall–Kier alpha value is -2.92. The topological polar surface area (TPSA) is 67.5 Å². The van der Waals surface area contributed by atoms with E-state index in [4.69, 9.17) is 5.73 Å². The molecule has 0 saturated carbocycles. The summed E-state index contributed by atoms with van der Waals surface area (Å²) in [4.78, 5) is 16.7. The minimum Gasteiger partial charge on any atom is -0.384 e. The number of hydrogen-bond donors (Lipinski definition) is 2. The van der Waals surface area contributed by atoms with Gasteiger partial charge in [0, 0.05) is 29.2 Å². The van der Waals surface area contributed by atoms with Crippen LogP contribution in [0.4, 0.5) is 0 Å². The Morgan fingerprint density at radius 2 is 1.67 bits per heavy atom. The summed E-state index contributed by atoms with van der Waals surface area (Å²) in [5.41, 5.74) is 10.2. The minimum absolute atomic E-state index is 0.104. The van der Waals surface area contributed by atoms with Crippen molar-refractivity contribution >= 4 is 27.7 Å². The standard InChI is InChI=1S/C22H20BrN3O/c1-25-21(24)17-8-6-15(7-9-17)14-26-22(27)20-5-3-2-4-19(20)16-10-12-18(23)13-11-16/h2-13H,14H2,1H3,(H2,24,25)(H,26,27). The second kappa shape index (κ2) is 8.64. The number of carbonyl (C=O) groups excluding carboxylic acids is 1. The Morgan fingerprint density at radius 1 is 1.00 bits per heavy atom. The van der Waals surface area contributed by atoms with Crippen molar-refractivity contribution in [1.29, 1.82) is 0 Å². The van der Waals surface area contributed by atoms with Gasteiger partial charge in [0.25, 0.3) is 5.91 Å². The first-order chi connectivity index (χ1) is 13.1. The lowest BCUT2D eigenvalue weighted by molar-refractivity contribution is 0.0951. The van der Waals surface area contributed by atoms with Crippen LogP contribution in [0.15, 0.2) is 82.3 Å². The molecular formula is C22H20BrN3O. The number of rotatable bonds is 5. The van der Waals surface area contributed by atoms with E-state index in [0.29, 0.717) is 17.9 Å². The highest BCUT2D eigenvalue weighted by Crippen LogP contribution is 2.25. The number of carbonyl (C=O) groups is 1. The van der Waals surface area contributed by atoms with E-state index < -0.39 is 0 Å².